The molecule has 0 fully saturated rings. The van der Waals surface area contributed by atoms with Crippen molar-refractivity contribution in [3.63, 3.8) is 0 Å². The van der Waals surface area contributed by atoms with Crippen LogP contribution in [0.25, 0.3) is 0 Å². The standard InChI is InChI=1S/C30H40F3N5O4/c1-19(2)26-29(41)37-24(18-34-3)27(39)36-13-7-10-21-9-4-5-12-25(21)42-15-14-35-23(28(40)38-26)17-20-8-6-11-22(16-20)30(31,32)33/h4-6,8-9,11-12,16,19,23-24,26,34-35H,7,10,13-15,17-18H2,1-3H3,(H,36,39)(H,37,41)(H,38,40)/t23?,24-,26?/m0/s1. The first kappa shape index (κ1) is 32.9. The highest BCUT2D eigenvalue weighted by Crippen LogP contribution is 2.29. The Morgan fingerprint density at radius 3 is 2.43 bits per heavy atom. The van der Waals surface area contributed by atoms with Gasteiger partial charge in [-0.2, -0.15) is 13.2 Å². The third-order valence-corrected chi connectivity index (χ3v) is 6.94. The van der Waals surface area contributed by atoms with Crippen molar-refractivity contribution < 1.29 is 32.3 Å². The number of hydrogen-bond acceptors (Lipinski definition) is 6. The van der Waals surface area contributed by atoms with Crippen molar-refractivity contribution in [3.8, 4) is 5.75 Å². The molecule has 3 atom stereocenters. The van der Waals surface area contributed by atoms with E-state index in [4.69, 9.17) is 4.74 Å². The van der Waals surface area contributed by atoms with E-state index in [0.29, 0.717) is 30.7 Å². The zero-order valence-electron chi connectivity index (χ0n) is 24.1. The predicted molar refractivity (Wildman–Crippen MR) is 153 cm³/mol. The molecule has 0 saturated carbocycles. The second-order valence-corrected chi connectivity index (χ2v) is 10.6. The van der Waals surface area contributed by atoms with Crippen LogP contribution >= 0.6 is 0 Å². The largest absolute Gasteiger partial charge is 0.492 e. The molecule has 42 heavy (non-hydrogen) atoms. The lowest BCUT2D eigenvalue weighted by molar-refractivity contribution is -0.137. The van der Waals surface area contributed by atoms with E-state index in [1.54, 1.807) is 20.9 Å². The van der Waals surface area contributed by atoms with E-state index < -0.39 is 41.7 Å². The average molecular weight is 592 g/mol. The van der Waals surface area contributed by atoms with E-state index in [1.165, 1.54) is 12.1 Å². The molecule has 5 N–H and O–H groups in total. The van der Waals surface area contributed by atoms with Gasteiger partial charge in [0.15, 0.2) is 0 Å². The van der Waals surface area contributed by atoms with E-state index in [2.05, 4.69) is 26.6 Å². The van der Waals surface area contributed by atoms with Crippen molar-refractivity contribution in [1.29, 1.82) is 0 Å². The molecule has 1 aliphatic heterocycles. The Hall–Kier alpha value is -3.64. The molecule has 2 aromatic rings. The summed E-state index contributed by atoms with van der Waals surface area (Å²) >= 11 is 0. The number of amides is 3. The first-order valence-corrected chi connectivity index (χ1v) is 14.1. The molecular formula is C30H40F3N5O4. The van der Waals surface area contributed by atoms with E-state index in [9.17, 15) is 27.6 Å². The number of fused-ring (bicyclic) bond motifs is 1. The number of halogens is 3. The third kappa shape index (κ3) is 9.73. The zero-order chi connectivity index (χ0) is 30.7. The summed E-state index contributed by atoms with van der Waals surface area (Å²) in [7, 11) is 1.66. The molecule has 0 radical (unpaired) electrons. The summed E-state index contributed by atoms with van der Waals surface area (Å²) in [5.41, 5.74) is 0.446. The number of likely N-dealkylation sites (N-methyl/N-ethyl adjacent to an activating group) is 1. The maximum atomic E-state index is 13.5. The minimum absolute atomic E-state index is 0.0520. The van der Waals surface area contributed by atoms with E-state index in [0.717, 1.165) is 17.7 Å². The minimum Gasteiger partial charge on any atom is -0.492 e. The number of para-hydroxylation sites is 1. The maximum absolute atomic E-state index is 13.5. The fraction of sp³-hybridized carbons (Fsp3) is 0.500. The molecule has 0 saturated heterocycles. The second kappa shape index (κ2) is 15.5. The minimum atomic E-state index is -4.53. The molecule has 3 rings (SSSR count). The molecule has 230 valence electrons. The zero-order valence-corrected chi connectivity index (χ0v) is 24.1. The van der Waals surface area contributed by atoms with Gasteiger partial charge in [0.1, 0.15) is 24.4 Å². The predicted octanol–water partition coefficient (Wildman–Crippen LogP) is 2.19. The average Bonchev–Trinajstić information content (AvgIpc) is 2.94. The number of hydrogen-bond donors (Lipinski definition) is 5. The molecule has 12 heteroatoms. The molecule has 0 aliphatic carbocycles. The summed E-state index contributed by atoms with van der Waals surface area (Å²) in [6.07, 6.45) is -3.29. The van der Waals surface area contributed by atoms with Crippen LogP contribution in [0.4, 0.5) is 13.2 Å². The van der Waals surface area contributed by atoms with Crippen LogP contribution in [0.3, 0.4) is 0 Å². The molecule has 9 nitrogen and oxygen atoms in total. The lowest BCUT2D eigenvalue weighted by Gasteiger charge is -2.27. The van der Waals surface area contributed by atoms with Crippen molar-refractivity contribution in [2.75, 3.05) is 33.3 Å². The van der Waals surface area contributed by atoms with Crippen LogP contribution in [-0.2, 0) is 33.4 Å². The van der Waals surface area contributed by atoms with Gasteiger partial charge in [-0.15, -0.1) is 0 Å². The van der Waals surface area contributed by atoms with Crippen molar-refractivity contribution in [2.45, 2.75) is 57.4 Å². The smallest absolute Gasteiger partial charge is 0.416 e. The van der Waals surface area contributed by atoms with Gasteiger partial charge in [0.25, 0.3) is 0 Å². The van der Waals surface area contributed by atoms with Crippen LogP contribution in [0.2, 0.25) is 0 Å². The normalized spacial score (nSPS) is 21.7. The highest BCUT2D eigenvalue weighted by Gasteiger charge is 2.32. The van der Waals surface area contributed by atoms with Crippen LogP contribution in [0.1, 0.15) is 37.0 Å². The van der Waals surface area contributed by atoms with Gasteiger partial charge in [-0.25, -0.2) is 0 Å². The molecule has 1 aliphatic rings. The first-order valence-electron chi connectivity index (χ1n) is 14.1. The number of carbonyl (C=O) groups is 3. The van der Waals surface area contributed by atoms with Gasteiger partial charge >= 0.3 is 6.18 Å². The number of aryl methyl sites for hydroxylation is 1. The topological polar surface area (TPSA) is 121 Å². The van der Waals surface area contributed by atoms with Gasteiger partial charge < -0.3 is 31.3 Å². The Kier molecular flexibility index (Phi) is 12.2. The van der Waals surface area contributed by atoms with Gasteiger partial charge in [-0.3, -0.25) is 14.4 Å². The monoisotopic (exact) mass is 591 g/mol. The lowest BCUT2D eigenvalue weighted by Crippen LogP contribution is -2.59. The maximum Gasteiger partial charge on any atom is 0.416 e. The quantitative estimate of drug-likeness (QED) is 0.364. The lowest BCUT2D eigenvalue weighted by atomic mass is 9.99. The van der Waals surface area contributed by atoms with Crippen molar-refractivity contribution >= 4 is 17.7 Å². The fourth-order valence-corrected chi connectivity index (χ4v) is 4.69. The molecule has 2 unspecified atom stereocenters. The van der Waals surface area contributed by atoms with Gasteiger partial charge in [-0.05, 0) is 55.5 Å². The number of alkyl halides is 3. The van der Waals surface area contributed by atoms with Crippen LogP contribution in [0.15, 0.2) is 48.5 Å². The molecule has 3 amide bonds. The van der Waals surface area contributed by atoms with E-state index in [1.807, 2.05) is 24.3 Å². The number of rotatable bonds is 5. The van der Waals surface area contributed by atoms with Crippen molar-refractivity contribution in [2.24, 2.45) is 5.92 Å². The Balaban J connectivity index is 1.89. The Bertz CT molecular complexity index is 1210. The number of ether oxygens (including phenoxy) is 1. The Morgan fingerprint density at radius 2 is 1.71 bits per heavy atom. The fourth-order valence-electron chi connectivity index (χ4n) is 4.69. The van der Waals surface area contributed by atoms with Crippen LogP contribution in [0.5, 0.6) is 5.75 Å². The van der Waals surface area contributed by atoms with Crippen LogP contribution in [-0.4, -0.2) is 69.1 Å². The molecule has 1 heterocycles. The van der Waals surface area contributed by atoms with Gasteiger partial charge in [-0.1, -0.05) is 50.2 Å². The molecular weight excluding hydrogens is 551 g/mol. The third-order valence-electron chi connectivity index (χ3n) is 6.94. The van der Waals surface area contributed by atoms with Crippen molar-refractivity contribution in [1.82, 2.24) is 26.6 Å². The highest BCUT2D eigenvalue weighted by atomic mass is 19.4. The summed E-state index contributed by atoms with van der Waals surface area (Å²) < 4.78 is 46.0. The number of carbonyl (C=O) groups excluding carboxylic acids is 3. The molecule has 0 spiro atoms. The molecule has 2 aromatic carbocycles. The summed E-state index contributed by atoms with van der Waals surface area (Å²) in [4.78, 5) is 39.7. The van der Waals surface area contributed by atoms with E-state index in [-0.39, 0.29) is 37.9 Å². The first-order chi connectivity index (χ1) is 20.0. The summed E-state index contributed by atoms with van der Waals surface area (Å²) in [6.45, 7) is 4.50. The highest BCUT2D eigenvalue weighted by molar-refractivity contribution is 5.93. The second-order valence-electron chi connectivity index (χ2n) is 10.6. The summed E-state index contributed by atoms with van der Waals surface area (Å²) in [5, 5.41) is 14.3. The Labute approximate surface area is 244 Å². The van der Waals surface area contributed by atoms with Gasteiger partial charge in [0, 0.05) is 19.6 Å². The Morgan fingerprint density at radius 1 is 0.952 bits per heavy atom. The van der Waals surface area contributed by atoms with Gasteiger partial charge in [0.2, 0.25) is 17.7 Å². The SMILES string of the molecule is CNC[C@@H]1NC(=O)C(C(C)C)NC(=O)C(Cc2cccc(C(F)(F)F)c2)NCCOc2ccccc2CCCNC1=O. The summed E-state index contributed by atoms with van der Waals surface area (Å²) in [5.74, 6) is -1.12. The molecule has 0 aromatic heterocycles. The number of nitrogens with one attached hydrogen (secondary N) is 5. The van der Waals surface area contributed by atoms with E-state index >= 15 is 0 Å². The molecule has 0 bridgehead atoms. The van der Waals surface area contributed by atoms with Crippen molar-refractivity contribution in [3.05, 3.63) is 65.2 Å². The number of benzene rings is 2. The van der Waals surface area contributed by atoms with Crippen LogP contribution < -0.4 is 31.3 Å². The summed E-state index contributed by atoms with van der Waals surface area (Å²) in [6, 6.07) is 9.50. The van der Waals surface area contributed by atoms with Gasteiger partial charge in [0.05, 0.1) is 11.6 Å². The van der Waals surface area contributed by atoms with Crippen LogP contribution in [0, 0.1) is 5.92 Å².